The standard InChI is InChI=1S/C27H32F4O3/c1-2-3-4-19-7-13-22(14-8-19)25(32)33-23-15-9-20(10-16-23)5-6-21-11-17-24(18-12-21)34-26(28)27(29,30)31/h2,9-10,15-16,19,21-22,24,26H,1,3-4,7-8,11-14,17-18H2. The van der Waals surface area contributed by atoms with E-state index in [1.807, 2.05) is 6.08 Å². The minimum Gasteiger partial charge on any atom is -0.426 e. The van der Waals surface area contributed by atoms with Gasteiger partial charge in [-0.2, -0.15) is 13.2 Å². The molecule has 1 atom stereocenters. The molecule has 186 valence electrons. The molecule has 0 amide bonds. The van der Waals surface area contributed by atoms with Gasteiger partial charge in [-0.05, 0) is 94.4 Å². The van der Waals surface area contributed by atoms with Gasteiger partial charge < -0.3 is 9.47 Å². The summed E-state index contributed by atoms with van der Waals surface area (Å²) in [5.74, 6) is 7.16. The first-order valence-corrected chi connectivity index (χ1v) is 12.0. The number of carbonyl (C=O) groups is 1. The molecule has 2 aliphatic carbocycles. The van der Waals surface area contributed by atoms with Crippen LogP contribution in [-0.2, 0) is 9.53 Å². The fourth-order valence-electron chi connectivity index (χ4n) is 4.62. The van der Waals surface area contributed by atoms with Crippen LogP contribution in [-0.4, -0.2) is 24.6 Å². The monoisotopic (exact) mass is 480 g/mol. The summed E-state index contributed by atoms with van der Waals surface area (Å²) >= 11 is 0. The number of allylic oxidation sites excluding steroid dienone is 1. The third-order valence-electron chi connectivity index (χ3n) is 6.70. The van der Waals surface area contributed by atoms with Crippen LogP contribution in [0.1, 0.15) is 69.8 Å². The molecule has 0 N–H and O–H groups in total. The Balaban J connectivity index is 1.41. The minimum absolute atomic E-state index is 0.0305. The van der Waals surface area contributed by atoms with Crippen molar-refractivity contribution in [3.8, 4) is 17.6 Å². The van der Waals surface area contributed by atoms with Crippen LogP contribution in [0.3, 0.4) is 0 Å². The molecule has 3 rings (SSSR count). The number of esters is 1. The Morgan fingerprint density at radius 1 is 1.06 bits per heavy atom. The summed E-state index contributed by atoms with van der Waals surface area (Å²) in [5.41, 5.74) is 0.766. The van der Waals surface area contributed by atoms with Gasteiger partial charge in [0.15, 0.2) is 0 Å². The average molecular weight is 481 g/mol. The van der Waals surface area contributed by atoms with Crippen molar-refractivity contribution in [1.29, 1.82) is 0 Å². The summed E-state index contributed by atoms with van der Waals surface area (Å²) in [7, 11) is 0. The third kappa shape index (κ3) is 8.16. The second kappa shape index (κ2) is 12.4. The summed E-state index contributed by atoms with van der Waals surface area (Å²) in [6.45, 7) is 3.76. The van der Waals surface area contributed by atoms with E-state index in [-0.39, 0.29) is 17.8 Å². The van der Waals surface area contributed by atoms with Crippen LogP contribution >= 0.6 is 0 Å². The fourth-order valence-corrected chi connectivity index (χ4v) is 4.62. The smallest absolute Gasteiger partial charge is 0.426 e. The number of ether oxygens (including phenoxy) is 2. The molecular weight excluding hydrogens is 448 g/mol. The molecule has 1 aromatic carbocycles. The zero-order chi connectivity index (χ0) is 24.6. The lowest BCUT2D eigenvalue weighted by Gasteiger charge is -2.27. The zero-order valence-corrected chi connectivity index (χ0v) is 19.3. The van der Waals surface area contributed by atoms with Crippen LogP contribution in [0.15, 0.2) is 36.9 Å². The third-order valence-corrected chi connectivity index (χ3v) is 6.70. The van der Waals surface area contributed by atoms with Crippen molar-refractivity contribution in [3.05, 3.63) is 42.5 Å². The second-order valence-electron chi connectivity index (χ2n) is 9.27. The van der Waals surface area contributed by atoms with Crippen molar-refractivity contribution in [2.24, 2.45) is 17.8 Å². The van der Waals surface area contributed by atoms with E-state index in [0.29, 0.717) is 37.4 Å². The van der Waals surface area contributed by atoms with E-state index in [2.05, 4.69) is 23.2 Å². The Morgan fingerprint density at radius 3 is 2.29 bits per heavy atom. The van der Waals surface area contributed by atoms with Crippen molar-refractivity contribution in [1.82, 2.24) is 0 Å². The molecule has 0 aromatic heterocycles. The number of hydrogen-bond acceptors (Lipinski definition) is 3. The van der Waals surface area contributed by atoms with Crippen LogP contribution < -0.4 is 4.74 Å². The summed E-state index contributed by atoms with van der Waals surface area (Å²) in [4.78, 5) is 12.5. The maximum absolute atomic E-state index is 13.0. The largest absolute Gasteiger partial charge is 0.445 e. The number of rotatable bonds is 7. The predicted molar refractivity (Wildman–Crippen MR) is 122 cm³/mol. The molecule has 1 aromatic rings. The molecule has 0 spiro atoms. The lowest BCUT2D eigenvalue weighted by Crippen LogP contribution is -2.33. The lowest BCUT2D eigenvalue weighted by atomic mass is 9.80. The summed E-state index contributed by atoms with van der Waals surface area (Å²) in [6, 6.07) is 7.02. The van der Waals surface area contributed by atoms with E-state index in [1.165, 1.54) is 0 Å². The molecule has 0 bridgehead atoms. The molecule has 7 heteroatoms. The summed E-state index contributed by atoms with van der Waals surface area (Å²) in [6.07, 6.45) is 0.796. The first kappa shape index (κ1) is 26.3. The van der Waals surface area contributed by atoms with Crippen LogP contribution in [0.5, 0.6) is 5.75 Å². The van der Waals surface area contributed by atoms with E-state index < -0.39 is 18.6 Å². The number of alkyl halides is 4. The van der Waals surface area contributed by atoms with E-state index in [0.717, 1.165) is 44.1 Å². The molecule has 1 unspecified atom stereocenters. The van der Waals surface area contributed by atoms with Crippen LogP contribution in [0.4, 0.5) is 17.6 Å². The molecule has 0 aliphatic heterocycles. The van der Waals surface area contributed by atoms with Crippen LogP contribution in [0, 0.1) is 29.6 Å². The molecule has 0 radical (unpaired) electrons. The second-order valence-corrected chi connectivity index (χ2v) is 9.27. The van der Waals surface area contributed by atoms with Crippen LogP contribution in [0.2, 0.25) is 0 Å². The molecule has 2 saturated carbocycles. The predicted octanol–water partition coefficient (Wildman–Crippen LogP) is 7.15. The van der Waals surface area contributed by atoms with Gasteiger partial charge in [0.25, 0.3) is 6.36 Å². The van der Waals surface area contributed by atoms with E-state index in [4.69, 9.17) is 4.74 Å². The molecule has 2 fully saturated rings. The Kier molecular flexibility index (Phi) is 9.58. The van der Waals surface area contributed by atoms with Crippen LogP contribution in [0.25, 0.3) is 0 Å². The molecular formula is C27H32F4O3. The highest BCUT2D eigenvalue weighted by Gasteiger charge is 2.43. The van der Waals surface area contributed by atoms with Gasteiger partial charge in [-0.25, -0.2) is 4.39 Å². The number of carbonyl (C=O) groups excluding carboxylic acids is 1. The van der Waals surface area contributed by atoms with Crippen molar-refractivity contribution in [2.45, 2.75) is 82.8 Å². The van der Waals surface area contributed by atoms with Gasteiger partial charge >= 0.3 is 12.1 Å². The van der Waals surface area contributed by atoms with E-state index in [1.54, 1.807) is 24.3 Å². The Bertz CT molecular complexity index is 853. The maximum atomic E-state index is 13.0. The normalized spacial score (nSPS) is 26.1. The zero-order valence-electron chi connectivity index (χ0n) is 19.3. The van der Waals surface area contributed by atoms with Crippen molar-refractivity contribution >= 4 is 5.97 Å². The number of hydrogen-bond donors (Lipinski definition) is 0. The number of benzene rings is 1. The van der Waals surface area contributed by atoms with Gasteiger partial charge in [0.1, 0.15) is 5.75 Å². The molecule has 3 nitrogen and oxygen atoms in total. The average Bonchev–Trinajstić information content (AvgIpc) is 2.83. The quantitative estimate of drug-likeness (QED) is 0.137. The summed E-state index contributed by atoms with van der Waals surface area (Å²) < 4.78 is 59.9. The van der Waals surface area contributed by atoms with Gasteiger partial charge in [0.2, 0.25) is 0 Å². The molecule has 2 aliphatic rings. The molecule has 0 heterocycles. The Hall–Kier alpha value is -2.33. The van der Waals surface area contributed by atoms with E-state index in [9.17, 15) is 22.4 Å². The van der Waals surface area contributed by atoms with E-state index >= 15 is 0 Å². The highest BCUT2D eigenvalue weighted by Crippen LogP contribution is 2.33. The first-order valence-electron chi connectivity index (χ1n) is 12.0. The molecule has 0 saturated heterocycles. The lowest BCUT2D eigenvalue weighted by molar-refractivity contribution is -0.279. The summed E-state index contributed by atoms with van der Waals surface area (Å²) in [5, 5.41) is 0. The Morgan fingerprint density at radius 2 is 1.71 bits per heavy atom. The highest BCUT2D eigenvalue weighted by molar-refractivity contribution is 5.75. The fraction of sp³-hybridized carbons (Fsp3) is 0.593. The van der Waals surface area contributed by atoms with Gasteiger partial charge in [-0.1, -0.05) is 17.9 Å². The van der Waals surface area contributed by atoms with Crippen molar-refractivity contribution < 1.29 is 31.8 Å². The number of halogens is 4. The van der Waals surface area contributed by atoms with Gasteiger partial charge in [-0.3, -0.25) is 4.79 Å². The topological polar surface area (TPSA) is 35.5 Å². The van der Waals surface area contributed by atoms with Crippen molar-refractivity contribution in [3.63, 3.8) is 0 Å². The van der Waals surface area contributed by atoms with Gasteiger partial charge in [0.05, 0.1) is 12.0 Å². The minimum atomic E-state index is -4.98. The van der Waals surface area contributed by atoms with Gasteiger partial charge in [-0.15, -0.1) is 6.58 Å². The highest BCUT2D eigenvalue weighted by atomic mass is 19.4. The van der Waals surface area contributed by atoms with Gasteiger partial charge in [0, 0.05) is 11.5 Å². The SMILES string of the molecule is C=CCCC1CCC(C(=O)Oc2ccc(C#CC3CCC(OC(F)C(F)(F)F)CC3)cc2)CC1. The Labute approximate surface area is 198 Å². The molecule has 34 heavy (non-hydrogen) atoms. The van der Waals surface area contributed by atoms with Crippen molar-refractivity contribution in [2.75, 3.05) is 0 Å². The maximum Gasteiger partial charge on any atom is 0.445 e. The first-order chi connectivity index (χ1) is 16.2.